The van der Waals surface area contributed by atoms with Crippen molar-refractivity contribution in [2.75, 3.05) is 40.0 Å². The molecule has 0 bridgehead atoms. The van der Waals surface area contributed by atoms with E-state index in [-0.39, 0.29) is 41.9 Å². The Hall–Kier alpha value is -1.26. The van der Waals surface area contributed by atoms with Crippen LogP contribution in [0.15, 0.2) is 12.1 Å². The molecule has 0 unspecified atom stereocenters. The van der Waals surface area contributed by atoms with Crippen molar-refractivity contribution in [2.24, 2.45) is 0 Å². The Labute approximate surface area is 141 Å². The van der Waals surface area contributed by atoms with Gasteiger partial charge in [0.1, 0.15) is 6.67 Å². The molecular formula is C14H20Cl2FN3O2. The summed E-state index contributed by atoms with van der Waals surface area (Å²) in [6.45, 7) is 2.23. The van der Waals surface area contributed by atoms with E-state index in [0.717, 1.165) is 13.1 Å². The second-order valence-corrected chi connectivity index (χ2v) is 4.65. The number of hydrogen-bond acceptors (Lipinski definition) is 5. The smallest absolute Gasteiger partial charge is 0.163 e. The number of nitrogens with one attached hydrogen (secondary N) is 1. The highest BCUT2D eigenvalue weighted by Gasteiger charge is 2.28. The van der Waals surface area contributed by atoms with Crippen LogP contribution >= 0.6 is 24.8 Å². The minimum atomic E-state index is -0.657. The van der Waals surface area contributed by atoms with Gasteiger partial charge in [-0.2, -0.15) is 5.26 Å². The molecule has 0 saturated carbocycles. The first kappa shape index (κ1) is 20.7. The van der Waals surface area contributed by atoms with Crippen molar-refractivity contribution in [1.29, 1.82) is 5.26 Å². The largest absolute Gasteiger partial charge is 0.504 e. The molecule has 1 aromatic carbocycles. The summed E-state index contributed by atoms with van der Waals surface area (Å²) in [6, 6.07) is 4.47. The molecule has 1 atom stereocenters. The van der Waals surface area contributed by atoms with Crippen LogP contribution in [0, 0.1) is 11.3 Å². The number of ether oxygens (including phenoxy) is 1. The molecular weight excluding hydrogens is 332 g/mol. The average molecular weight is 352 g/mol. The lowest BCUT2D eigenvalue weighted by Gasteiger charge is -2.34. The molecule has 2 N–H and O–H groups in total. The van der Waals surface area contributed by atoms with Gasteiger partial charge in [-0.05, 0) is 12.1 Å². The molecule has 1 aliphatic rings. The van der Waals surface area contributed by atoms with Gasteiger partial charge in [0.2, 0.25) is 0 Å². The fourth-order valence-electron chi connectivity index (χ4n) is 2.54. The fraction of sp³-hybridized carbons (Fsp3) is 0.500. The maximum absolute atomic E-state index is 13.5. The lowest BCUT2D eigenvalue weighted by molar-refractivity contribution is 0.144. The average Bonchev–Trinajstić information content (AvgIpc) is 2.50. The predicted molar refractivity (Wildman–Crippen MR) is 87.0 cm³/mol. The highest BCUT2D eigenvalue weighted by molar-refractivity contribution is 5.85. The Morgan fingerprint density at radius 2 is 2.05 bits per heavy atom. The number of phenolic OH excluding ortho intramolecular Hbond substituents is 1. The predicted octanol–water partition coefficient (Wildman–Crippen LogP) is 2.03. The van der Waals surface area contributed by atoms with Crippen LogP contribution in [0.3, 0.4) is 0 Å². The highest BCUT2D eigenvalue weighted by Crippen LogP contribution is 2.38. The highest BCUT2D eigenvalue weighted by atomic mass is 35.5. The fourth-order valence-corrected chi connectivity index (χ4v) is 2.54. The van der Waals surface area contributed by atoms with Crippen molar-refractivity contribution in [2.45, 2.75) is 6.04 Å². The van der Waals surface area contributed by atoms with E-state index in [1.807, 2.05) is 11.0 Å². The van der Waals surface area contributed by atoms with Crippen molar-refractivity contribution in [3.63, 3.8) is 0 Å². The van der Waals surface area contributed by atoms with Gasteiger partial charge in [0.15, 0.2) is 11.5 Å². The maximum atomic E-state index is 13.5. The van der Waals surface area contributed by atoms with E-state index in [4.69, 9.17) is 4.74 Å². The van der Waals surface area contributed by atoms with E-state index in [1.54, 1.807) is 6.07 Å². The van der Waals surface area contributed by atoms with Gasteiger partial charge >= 0.3 is 0 Å². The molecule has 8 heteroatoms. The Morgan fingerprint density at radius 1 is 1.41 bits per heavy atom. The first-order valence-corrected chi connectivity index (χ1v) is 6.53. The van der Waals surface area contributed by atoms with Crippen LogP contribution in [0.25, 0.3) is 0 Å². The number of phenols is 1. The summed E-state index contributed by atoms with van der Waals surface area (Å²) in [5.41, 5.74) is 0.598. The Balaban J connectivity index is 0.00000220. The van der Waals surface area contributed by atoms with Crippen molar-refractivity contribution in [3.05, 3.63) is 23.3 Å². The van der Waals surface area contributed by atoms with E-state index < -0.39 is 12.7 Å². The summed E-state index contributed by atoms with van der Waals surface area (Å²) in [5, 5.41) is 22.6. The summed E-state index contributed by atoms with van der Waals surface area (Å²) in [7, 11) is 1.43. The van der Waals surface area contributed by atoms with Gasteiger partial charge in [-0.3, -0.25) is 4.90 Å². The van der Waals surface area contributed by atoms with E-state index in [9.17, 15) is 14.8 Å². The van der Waals surface area contributed by atoms with Crippen LogP contribution in [0.4, 0.5) is 4.39 Å². The number of piperazine rings is 1. The van der Waals surface area contributed by atoms with Crippen LogP contribution in [0.2, 0.25) is 0 Å². The second kappa shape index (κ2) is 9.70. The van der Waals surface area contributed by atoms with Crippen LogP contribution in [-0.4, -0.2) is 50.0 Å². The van der Waals surface area contributed by atoms with Crippen LogP contribution in [0.5, 0.6) is 11.5 Å². The summed E-state index contributed by atoms with van der Waals surface area (Å²) in [4.78, 5) is 1.94. The summed E-state index contributed by atoms with van der Waals surface area (Å²) in [6.07, 6.45) is 0. The molecule has 0 amide bonds. The SMILES string of the molecule is COc1ccc(C#N)c([C@@H](CF)N2CCNCC2)c1O.Cl.Cl. The first-order valence-electron chi connectivity index (χ1n) is 6.53. The van der Waals surface area contributed by atoms with E-state index in [2.05, 4.69) is 5.32 Å². The third-order valence-electron chi connectivity index (χ3n) is 3.59. The zero-order chi connectivity index (χ0) is 14.5. The molecule has 1 fully saturated rings. The van der Waals surface area contributed by atoms with Gasteiger partial charge in [-0.25, -0.2) is 4.39 Å². The number of benzene rings is 1. The van der Waals surface area contributed by atoms with Gasteiger partial charge in [0, 0.05) is 31.7 Å². The number of rotatable bonds is 4. The molecule has 1 heterocycles. The monoisotopic (exact) mass is 351 g/mol. The molecule has 0 spiro atoms. The second-order valence-electron chi connectivity index (χ2n) is 4.65. The Kier molecular flexibility index (Phi) is 9.14. The third-order valence-corrected chi connectivity index (χ3v) is 3.59. The van der Waals surface area contributed by atoms with Gasteiger partial charge in [0.05, 0.1) is 24.8 Å². The minimum Gasteiger partial charge on any atom is -0.504 e. The molecule has 5 nitrogen and oxygen atoms in total. The minimum absolute atomic E-state index is 0. The number of alkyl halides is 1. The molecule has 1 saturated heterocycles. The van der Waals surface area contributed by atoms with Crippen LogP contribution in [0.1, 0.15) is 17.2 Å². The molecule has 124 valence electrons. The topological polar surface area (TPSA) is 68.5 Å². The number of aromatic hydroxyl groups is 1. The van der Waals surface area contributed by atoms with Crippen molar-refractivity contribution in [1.82, 2.24) is 10.2 Å². The molecule has 0 aliphatic carbocycles. The van der Waals surface area contributed by atoms with Crippen molar-refractivity contribution < 1.29 is 14.2 Å². The summed E-state index contributed by atoms with van der Waals surface area (Å²) in [5.74, 6) is 0.111. The standard InChI is InChI=1S/C14H18FN3O2.2ClH/c1-20-12-3-2-10(9-16)13(14(12)19)11(8-15)18-6-4-17-5-7-18;;/h2-3,11,17,19H,4-8H2,1H3;2*1H/t11-;;/m1../s1. The summed E-state index contributed by atoms with van der Waals surface area (Å²) < 4.78 is 18.6. The molecule has 0 aromatic heterocycles. The van der Waals surface area contributed by atoms with Crippen LogP contribution in [-0.2, 0) is 0 Å². The summed E-state index contributed by atoms with van der Waals surface area (Å²) >= 11 is 0. The zero-order valence-corrected chi connectivity index (χ0v) is 13.8. The number of nitriles is 1. The molecule has 22 heavy (non-hydrogen) atoms. The van der Waals surface area contributed by atoms with Crippen molar-refractivity contribution in [3.8, 4) is 17.6 Å². The Bertz CT molecular complexity index is 520. The number of methoxy groups -OCH3 is 1. The van der Waals surface area contributed by atoms with Gasteiger partial charge in [-0.15, -0.1) is 24.8 Å². The first-order chi connectivity index (χ1) is 9.72. The Morgan fingerprint density at radius 3 is 2.55 bits per heavy atom. The van der Waals surface area contributed by atoms with Crippen LogP contribution < -0.4 is 10.1 Å². The lowest BCUT2D eigenvalue weighted by Crippen LogP contribution is -2.45. The lowest BCUT2D eigenvalue weighted by atomic mass is 9.98. The van der Waals surface area contributed by atoms with E-state index in [0.29, 0.717) is 18.7 Å². The maximum Gasteiger partial charge on any atom is 0.163 e. The number of halogens is 3. The number of hydrogen-bond donors (Lipinski definition) is 2. The molecule has 2 rings (SSSR count). The van der Waals surface area contributed by atoms with E-state index in [1.165, 1.54) is 13.2 Å². The molecule has 0 radical (unpaired) electrons. The van der Waals surface area contributed by atoms with E-state index >= 15 is 0 Å². The number of nitrogens with zero attached hydrogens (tertiary/aromatic N) is 2. The van der Waals surface area contributed by atoms with Gasteiger partial charge in [0.25, 0.3) is 0 Å². The normalized spacial score (nSPS) is 15.9. The molecule has 1 aromatic rings. The van der Waals surface area contributed by atoms with Gasteiger partial charge < -0.3 is 15.2 Å². The van der Waals surface area contributed by atoms with Gasteiger partial charge in [-0.1, -0.05) is 0 Å². The zero-order valence-electron chi connectivity index (χ0n) is 12.2. The van der Waals surface area contributed by atoms with Crippen molar-refractivity contribution >= 4 is 24.8 Å². The third kappa shape index (κ3) is 4.14. The quantitative estimate of drug-likeness (QED) is 0.868. The molecule has 1 aliphatic heterocycles.